The monoisotopic (exact) mass is 260 g/mol. The molecule has 0 unspecified atom stereocenters. The van der Waals surface area contributed by atoms with Crippen molar-refractivity contribution in [3.8, 4) is 5.75 Å². The topological polar surface area (TPSA) is 22.1 Å². The number of thiol groups is 1. The molecular formula is C10H7KNOS2+. The van der Waals surface area contributed by atoms with Gasteiger partial charge in [-0.25, -0.2) is 0 Å². The summed E-state index contributed by atoms with van der Waals surface area (Å²) >= 11 is 8.67. The van der Waals surface area contributed by atoms with Gasteiger partial charge in [0.2, 0.25) is 4.38 Å². The van der Waals surface area contributed by atoms with Crippen LogP contribution < -0.4 is 56.1 Å². The Morgan fingerprint density at radius 1 is 1.27 bits per heavy atom. The number of thiocarbonyl (C=S) groups is 1. The summed E-state index contributed by atoms with van der Waals surface area (Å²) in [4.78, 5) is 4.22. The number of nitrogens with zero attached hydrogens (tertiary/aromatic N) is 1. The molecule has 2 nitrogen and oxygen atoms in total. The van der Waals surface area contributed by atoms with Crippen LogP contribution in [0.25, 0.3) is 10.9 Å². The molecule has 0 saturated heterocycles. The summed E-state index contributed by atoms with van der Waals surface area (Å²) in [5.41, 5.74) is 0.798. The van der Waals surface area contributed by atoms with Crippen LogP contribution in [0.4, 0.5) is 0 Å². The van der Waals surface area contributed by atoms with E-state index in [1.807, 2.05) is 30.3 Å². The first-order chi connectivity index (χ1) is 6.77. The summed E-state index contributed by atoms with van der Waals surface area (Å²) in [6.45, 7) is 0. The molecule has 0 saturated carbocycles. The second kappa shape index (κ2) is 6.29. The molecule has 1 aromatic carbocycles. The van der Waals surface area contributed by atoms with Gasteiger partial charge in [-0.2, -0.15) is 0 Å². The number of hydrogen-bond acceptors (Lipinski definition) is 3. The van der Waals surface area contributed by atoms with Crippen LogP contribution in [0.2, 0.25) is 0 Å². The molecule has 2 aromatic rings. The summed E-state index contributed by atoms with van der Waals surface area (Å²) in [6, 6.07) is 9.53. The molecule has 0 aliphatic carbocycles. The van der Waals surface area contributed by atoms with Crippen LogP contribution >= 0.6 is 24.8 Å². The van der Waals surface area contributed by atoms with Gasteiger partial charge in [-0.15, -0.1) is 0 Å². The van der Waals surface area contributed by atoms with E-state index in [0.29, 0.717) is 5.75 Å². The maximum atomic E-state index is 5.26. The van der Waals surface area contributed by atoms with Crippen molar-refractivity contribution in [3.63, 3.8) is 0 Å². The van der Waals surface area contributed by atoms with E-state index in [2.05, 4.69) is 17.6 Å². The van der Waals surface area contributed by atoms with Gasteiger partial charge in [0, 0.05) is 11.6 Å². The van der Waals surface area contributed by atoms with E-state index in [1.54, 1.807) is 6.20 Å². The van der Waals surface area contributed by atoms with Crippen molar-refractivity contribution in [2.75, 3.05) is 0 Å². The molecule has 0 amide bonds. The van der Waals surface area contributed by atoms with E-state index < -0.39 is 0 Å². The third-order valence-electron chi connectivity index (χ3n) is 1.79. The van der Waals surface area contributed by atoms with Crippen molar-refractivity contribution in [2.45, 2.75) is 0 Å². The predicted octanol–water partition coefficient (Wildman–Crippen LogP) is -0.168. The first-order valence-corrected chi connectivity index (χ1v) is 4.87. The molecule has 0 aliphatic heterocycles. The molecule has 15 heavy (non-hydrogen) atoms. The number of para-hydroxylation sites is 1. The summed E-state index contributed by atoms with van der Waals surface area (Å²) in [7, 11) is 0. The molecule has 0 aliphatic rings. The van der Waals surface area contributed by atoms with Crippen molar-refractivity contribution < 1.29 is 56.1 Å². The second-order valence-corrected chi connectivity index (χ2v) is 3.78. The average Bonchev–Trinajstić information content (AvgIpc) is 2.18. The number of pyridine rings is 1. The SMILES string of the molecule is S=C(S)Oc1cccc2cccnc12.[K+]. The summed E-state index contributed by atoms with van der Waals surface area (Å²) in [5.74, 6) is 0.642. The molecule has 1 aromatic heterocycles. The Labute approximate surface area is 141 Å². The van der Waals surface area contributed by atoms with Gasteiger partial charge in [0.05, 0.1) is 0 Å². The molecule has 70 valence electrons. The normalized spacial score (nSPS) is 9.40. The van der Waals surface area contributed by atoms with E-state index in [0.717, 1.165) is 10.9 Å². The van der Waals surface area contributed by atoms with Crippen molar-refractivity contribution in [1.82, 2.24) is 4.98 Å². The van der Waals surface area contributed by atoms with Crippen LogP contribution in [0.3, 0.4) is 0 Å². The fraction of sp³-hybridized carbons (Fsp3) is 0. The minimum absolute atomic E-state index is 0. The molecule has 2 rings (SSSR count). The van der Waals surface area contributed by atoms with Gasteiger partial charge in [0.15, 0.2) is 5.75 Å². The van der Waals surface area contributed by atoms with Crippen LogP contribution in [0.1, 0.15) is 0 Å². The maximum absolute atomic E-state index is 5.26. The van der Waals surface area contributed by atoms with Gasteiger partial charge in [-0.3, -0.25) is 4.98 Å². The fourth-order valence-electron chi connectivity index (χ4n) is 1.25. The predicted molar refractivity (Wildman–Crippen MR) is 64.0 cm³/mol. The molecule has 0 radical (unpaired) electrons. The molecule has 5 heteroatoms. The van der Waals surface area contributed by atoms with Crippen LogP contribution in [0, 0.1) is 0 Å². The Bertz CT molecular complexity index is 484. The number of fused-ring (bicyclic) bond motifs is 1. The Hall–Kier alpha value is 0.506. The molecule has 0 bridgehead atoms. The zero-order valence-electron chi connectivity index (χ0n) is 8.18. The van der Waals surface area contributed by atoms with Crippen LogP contribution in [-0.4, -0.2) is 9.37 Å². The van der Waals surface area contributed by atoms with Crippen molar-refractivity contribution in [3.05, 3.63) is 36.5 Å². The largest absolute Gasteiger partial charge is 1.00 e. The van der Waals surface area contributed by atoms with Crippen molar-refractivity contribution >= 4 is 40.1 Å². The Morgan fingerprint density at radius 3 is 2.73 bits per heavy atom. The van der Waals surface area contributed by atoms with E-state index in [4.69, 9.17) is 17.0 Å². The second-order valence-electron chi connectivity index (χ2n) is 2.70. The van der Waals surface area contributed by atoms with Crippen molar-refractivity contribution in [2.24, 2.45) is 0 Å². The number of rotatable bonds is 1. The van der Waals surface area contributed by atoms with Gasteiger partial charge in [0.1, 0.15) is 5.52 Å². The average molecular weight is 260 g/mol. The zero-order valence-corrected chi connectivity index (χ0v) is 13.0. The van der Waals surface area contributed by atoms with Crippen LogP contribution in [0.5, 0.6) is 5.75 Å². The van der Waals surface area contributed by atoms with Crippen LogP contribution in [-0.2, 0) is 0 Å². The number of hydrogen-bond donors (Lipinski definition) is 1. The molecule has 1 heterocycles. The quantitative estimate of drug-likeness (QED) is 0.437. The number of ether oxygens (including phenoxy) is 1. The van der Waals surface area contributed by atoms with E-state index in [9.17, 15) is 0 Å². The first-order valence-electron chi connectivity index (χ1n) is 4.02. The molecule has 0 N–H and O–H groups in total. The summed E-state index contributed by atoms with van der Waals surface area (Å²) in [6.07, 6.45) is 1.72. The van der Waals surface area contributed by atoms with Gasteiger partial charge in [-0.05, 0) is 24.4 Å². The van der Waals surface area contributed by atoms with Crippen molar-refractivity contribution in [1.29, 1.82) is 0 Å². The Balaban J connectivity index is 0.00000112. The maximum Gasteiger partial charge on any atom is 1.00 e. The molecule has 0 fully saturated rings. The third-order valence-corrected chi connectivity index (χ3v) is 1.97. The smallest absolute Gasteiger partial charge is 0.438 e. The standard InChI is InChI=1S/C10H7NOS2.K/c13-10(14)12-8-5-1-3-7-4-2-6-11-9(7)8;/h1-6H,(H,13,14);/q;+1. The van der Waals surface area contributed by atoms with Crippen LogP contribution in [0.15, 0.2) is 36.5 Å². The zero-order chi connectivity index (χ0) is 9.97. The third kappa shape index (κ3) is 3.49. The minimum Gasteiger partial charge on any atom is -0.438 e. The van der Waals surface area contributed by atoms with Gasteiger partial charge >= 0.3 is 51.4 Å². The Kier molecular flexibility index (Phi) is 5.69. The van der Waals surface area contributed by atoms with Gasteiger partial charge < -0.3 is 4.74 Å². The van der Waals surface area contributed by atoms with E-state index in [1.165, 1.54) is 0 Å². The summed E-state index contributed by atoms with van der Waals surface area (Å²) < 4.78 is 5.46. The van der Waals surface area contributed by atoms with Gasteiger partial charge in [-0.1, -0.05) is 30.8 Å². The number of benzene rings is 1. The van der Waals surface area contributed by atoms with E-state index >= 15 is 0 Å². The first kappa shape index (κ1) is 13.6. The molecule has 0 atom stereocenters. The van der Waals surface area contributed by atoms with Gasteiger partial charge in [0.25, 0.3) is 0 Å². The fourth-order valence-corrected chi connectivity index (χ4v) is 1.44. The Morgan fingerprint density at radius 2 is 2.00 bits per heavy atom. The van der Waals surface area contributed by atoms with E-state index in [-0.39, 0.29) is 55.8 Å². The molecular weight excluding hydrogens is 253 g/mol. The molecule has 0 spiro atoms. The summed E-state index contributed by atoms with van der Waals surface area (Å²) in [5, 5.41) is 1.02. The number of aromatic nitrogens is 1. The minimum atomic E-state index is 0.